The number of aromatic carboxylic acids is 1. The van der Waals surface area contributed by atoms with Crippen molar-refractivity contribution in [3.8, 4) is 5.75 Å². The highest BCUT2D eigenvalue weighted by molar-refractivity contribution is 9.13. The van der Waals surface area contributed by atoms with E-state index in [4.69, 9.17) is 9.84 Å². The second-order valence-electron chi connectivity index (χ2n) is 7.31. The van der Waals surface area contributed by atoms with E-state index in [1.54, 1.807) is 12.1 Å². The summed E-state index contributed by atoms with van der Waals surface area (Å²) < 4.78 is 67.6. The molecule has 0 bridgehead atoms. The molecule has 0 radical (unpaired) electrons. The van der Waals surface area contributed by atoms with Crippen molar-refractivity contribution in [1.29, 1.82) is 0 Å². The van der Waals surface area contributed by atoms with Crippen LogP contribution in [0.1, 0.15) is 46.4 Å². The zero-order valence-electron chi connectivity index (χ0n) is 16.8. The van der Waals surface area contributed by atoms with E-state index in [2.05, 4.69) is 52.5 Å². The lowest BCUT2D eigenvalue weighted by Crippen LogP contribution is -2.30. The minimum absolute atomic E-state index is 0.113. The SMILES string of the molecule is O=C(OC1CCC(C(=O)Oc2c(F)c(F)c(C(=O)O)c(F)c2F)CC1)c1cc(Br)cc(Br)c1Br. The van der Waals surface area contributed by atoms with Crippen LogP contribution in [-0.2, 0) is 9.53 Å². The number of benzene rings is 2. The van der Waals surface area contributed by atoms with E-state index < -0.39 is 64.5 Å². The maximum absolute atomic E-state index is 14.1. The molecule has 0 heterocycles. The second kappa shape index (κ2) is 10.7. The summed E-state index contributed by atoms with van der Waals surface area (Å²) >= 11 is 9.89. The van der Waals surface area contributed by atoms with Crippen molar-refractivity contribution in [3.05, 3.63) is 59.9 Å². The minimum atomic E-state index is -2.22. The van der Waals surface area contributed by atoms with Gasteiger partial charge >= 0.3 is 17.9 Å². The summed E-state index contributed by atoms with van der Waals surface area (Å²) in [4.78, 5) is 35.7. The molecule has 182 valence electrons. The molecule has 0 aromatic heterocycles. The predicted molar refractivity (Wildman–Crippen MR) is 120 cm³/mol. The van der Waals surface area contributed by atoms with Crippen LogP contribution < -0.4 is 4.74 Å². The Labute approximate surface area is 215 Å². The fourth-order valence-electron chi connectivity index (χ4n) is 3.41. The molecule has 1 N–H and O–H groups in total. The Morgan fingerprint density at radius 1 is 0.882 bits per heavy atom. The summed E-state index contributed by atoms with van der Waals surface area (Å²) in [6.07, 6.45) is 0.135. The highest BCUT2D eigenvalue weighted by atomic mass is 79.9. The van der Waals surface area contributed by atoms with E-state index in [0.29, 0.717) is 13.4 Å². The molecule has 2 aromatic rings. The van der Waals surface area contributed by atoms with Gasteiger partial charge in [0.2, 0.25) is 17.4 Å². The largest absolute Gasteiger partial charge is 0.477 e. The van der Waals surface area contributed by atoms with Crippen molar-refractivity contribution >= 4 is 65.7 Å². The van der Waals surface area contributed by atoms with Gasteiger partial charge in [0.15, 0.2) is 11.6 Å². The van der Waals surface area contributed by atoms with Crippen LogP contribution in [-0.4, -0.2) is 29.1 Å². The Kier molecular flexibility index (Phi) is 8.40. The van der Waals surface area contributed by atoms with Gasteiger partial charge < -0.3 is 14.6 Å². The maximum atomic E-state index is 14.1. The molecule has 6 nitrogen and oxygen atoms in total. The van der Waals surface area contributed by atoms with E-state index >= 15 is 0 Å². The van der Waals surface area contributed by atoms with Gasteiger partial charge in [-0.25, -0.2) is 18.4 Å². The first kappa shape index (κ1) is 26.6. The van der Waals surface area contributed by atoms with Crippen LogP contribution in [0.25, 0.3) is 0 Å². The standard InChI is InChI=1S/C21H13Br3F4O6/c22-8-5-10(13(24)11(23)6-8)21(32)33-9-3-1-7(2-4-9)20(31)34-18-16(27)14(25)12(19(29)30)15(26)17(18)28/h5-7,9H,1-4H2,(H,29,30). The molecule has 1 saturated carbocycles. The lowest BCUT2D eigenvalue weighted by atomic mass is 9.87. The third-order valence-electron chi connectivity index (χ3n) is 5.13. The number of carbonyl (C=O) groups excluding carboxylic acids is 2. The summed E-state index contributed by atoms with van der Waals surface area (Å²) in [5, 5.41) is 8.71. The number of halogens is 7. The van der Waals surface area contributed by atoms with Crippen LogP contribution >= 0.6 is 47.8 Å². The molecule has 0 aliphatic heterocycles. The first-order valence-electron chi connectivity index (χ1n) is 9.58. The fraction of sp³-hybridized carbons (Fsp3) is 0.286. The van der Waals surface area contributed by atoms with Crippen LogP contribution in [0.2, 0.25) is 0 Å². The zero-order valence-corrected chi connectivity index (χ0v) is 21.5. The molecule has 3 rings (SSSR count). The van der Waals surface area contributed by atoms with Gasteiger partial charge in [0.1, 0.15) is 11.7 Å². The fourth-order valence-corrected chi connectivity index (χ4v) is 5.02. The molecule has 13 heteroatoms. The smallest absolute Gasteiger partial charge is 0.341 e. The van der Waals surface area contributed by atoms with Crippen LogP contribution in [0, 0.1) is 29.2 Å². The molecule has 0 atom stereocenters. The summed E-state index contributed by atoms with van der Waals surface area (Å²) in [5.41, 5.74) is -1.57. The lowest BCUT2D eigenvalue weighted by Gasteiger charge is -2.27. The van der Waals surface area contributed by atoms with Gasteiger partial charge in [-0.2, -0.15) is 8.78 Å². The Bertz CT molecular complexity index is 1150. The predicted octanol–water partition coefficient (Wildman–Crippen LogP) is 6.55. The van der Waals surface area contributed by atoms with Gasteiger partial charge in [-0.1, -0.05) is 15.9 Å². The topological polar surface area (TPSA) is 89.9 Å². The van der Waals surface area contributed by atoms with Gasteiger partial charge in [-0.15, -0.1) is 0 Å². The molecule has 0 amide bonds. The summed E-state index contributed by atoms with van der Waals surface area (Å²) in [5.74, 6) is -15.1. The average molecular weight is 677 g/mol. The lowest BCUT2D eigenvalue weighted by molar-refractivity contribution is -0.141. The number of hydrogen-bond donors (Lipinski definition) is 1. The van der Waals surface area contributed by atoms with Crippen molar-refractivity contribution < 1.29 is 46.5 Å². The zero-order chi connectivity index (χ0) is 25.3. The van der Waals surface area contributed by atoms with Gasteiger partial charge in [-0.05, 0) is 69.7 Å². The summed E-state index contributed by atoms with van der Waals surface area (Å²) in [6.45, 7) is 0. The first-order valence-corrected chi connectivity index (χ1v) is 12.0. The van der Waals surface area contributed by atoms with Crippen molar-refractivity contribution in [3.63, 3.8) is 0 Å². The minimum Gasteiger partial charge on any atom is -0.477 e. The van der Waals surface area contributed by atoms with E-state index in [0.717, 1.165) is 0 Å². The van der Waals surface area contributed by atoms with E-state index in [-0.39, 0.29) is 31.2 Å². The number of carboxylic acids is 1. The number of carbonyl (C=O) groups is 3. The number of hydrogen-bond acceptors (Lipinski definition) is 5. The molecular weight excluding hydrogens is 664 g/mol. The third kappa shape index (κ3) is 5.46. The van der Waals surface area contributed by atoms with Crippen LogP contribution in [0.5, 0.6) is 5.75 Å². The van der Waals surface area contributed by atoms with Crippen LogP contribution in [0.4, 0.5) is 17.6 Å². The normalized spacial score (nSPS) is 17.9. The van der Waals surface area contributed by atoms with Crippen molar-refractivity contribution in [1.82, 2.24) is 0 Å². The molecule has 2 aromatic carbocycles. The first-order chi connectivity index (χ1) is 15.9. The second-order valence-corrected chi connectivity index (χ2v) is 9.88. The monoisotopic (exact) mass is 674 g/mol. The molecule has 0 unspecified atom stereocenters. The molecular formula is C21H13Br3F4O6. The molecule has 1 aliphatic rings. The molecule has 34 heavy (non-hydrogen) atoms. The van der Waals surface area contributed by atoms with Crippen LogP contribution in [0.15, 0.2) is 25.6 Å². The van der Waals surface area contributed by atoms with Gasteiger partial charge in [0.25, 0.3) is 0 Å². The maximum Gasteiger partial charge on any atom is 0.341 e. The van der Waals surface area contributed by atoms with Crippen molar-refractivity contribution in [2.75, 3.05) is 0 Å². The van der Waals surface area contributed by atoms with Crippen molar-refractivity contribution in [2.24, 2.45) is 5.92 Å². The highest BCUT2D eigenvalue weighted by Gasteiger charge is 2.35. The summed E-state index contributed by atoms with van der Waals surface area (Å²) in [7, 11) is 0. The average Bonchev–Trinajstić information content (AvgIpc) is 2.78. The molecule has 1 aliphatic carbocycles. The number of ether oxygens (including phenoxy) is 2. The quantitative estimate of drug-likeness (QED) is 0.167. The van der Waals surface area contributed by atoms with Gasteiger partial charge in [0, 0.05) is 13.4 Å². The number of carboxylic acid groups (broad SMARTS) is 1. The van der Waals surface area contributed by atoms with Crippen LogP contribution in [0.3, 0.4) is 0 Å². The summed E-state index contributed by atoms with van der Waals surface area (Å²) in [6, 6.07) is 3.30. The van der Waals surface area contributed by atoms with E-state index in [1.165, 1.54) is 0 Å². The Balaban J connectivity index is 1.65. The molecule has 0 saturated heterocycles. The van der Waals surface area contributed by atoms with Crippen molar-refractivity contribution in [2.45, 2.75) is 31.8 Å². The highest BCUT2D eigenvalue weighted by Crippen LogP contribution is 2.35. The third-order valence-corrected chi connectivity index (χ3v) is 7.60. The van der Waals surface area contributed by atoms with E-state index in [9.17, 15) is 31.9 Å². The van der Waals surface area contributed by atoms with Gasteiger partial charge in [0.05, 0.1) is 11.5 Å². The van der Waals surface area contributed by atoms with Gasteiger partial charge in [-0.3, -0.25) is 4.79 Å². The molecule has 0 spiro atoms. The number of esters is 2. The van der Waals surface area contributed by atoms with E-state index in [1.807, 2.05) is 0 Å². The molecule has 1 fully saturated rings. The Morgan fingerprint density at radius 3 is 1.97 bits per heavy atom. The number of rotatable bonds is 5. The Hall–Kier alpha value is -1.99. The Morgan fingerprint density at radius 2 is 1.44 bits per heavy atom.